The van der Waals surface area contributed by atoms with Crippen LogP contribution >= 0.6 is 0 Å². The number of carbonyl (C=O) groups is 1. The largest absolute Gasteiger partial charge is 0.493 e. The monoisotopic (exact) mass is 303 g/mol. The molecule has 1 fully saturated rings. The summed E-state index contributed by atoms with van der Waals surface area (Å²) >= 11 is 0. The number of ketones is 1. The minimum atomic E-state index is 0.228. The first-order chi connectivity index (χ1) is 10.6. The minimum absolute atomic E-state index is 0.228. The lowest BCUT2D eigenvalue weighted by molar-refractivity contribution is 0.0899. The minimum Gasteiger partial charge on any atom is -0.493 e. The van der Waals surface area contributed by atoms with Crippen LogP contribution in [0.2, 0.25) is 0 Å². The van der Waals surface area contributed by atoms with Crippen LogP contribution in [0, 0.1) is 5.92 Å². The summed E-state index contributed by atoms with van der Waals surface area (Å²) in [5, 5.41) is 0. The van der Waals surface area contributed by atoms with E-state index in [1.807, 2.05) is 18.2 Å². The van der Waals surface area contributed by atoms with Crippen molar-refractivity contribution in [3.05, 3.63) is 29.3 Å². The van der Waals surface area contributed by atoms with E-state index in [9.17, 15) is 4.79 Å². The molecule has 0 bridgehead atoms. The van der Waals surface area contributed by atoms with Crippen molar-refractivity contribution in [2.24, 2.45) is 5.92 Å². The summed E-state index contributed by atoms with van der Waals surface area (Å²) in [6.07, 6.45) is 4.30. The van der Waals surface area contributed by atoms with Gasteiger partial charge in [0, 0.05) is 5.56 Å². The first-order valence-corrected chi connectivity index (χ1v) is 8.65. The third kappa shape index (κ3) is 4.57. The van der Waals surface area contributed by atoms with Crippen molar-refractivity contribution >= 4 is 5.78 Å². The number of rotatable bonds is 7. The highest BCUT2D eigenvalue weighted by Gasteiger charge is 2.19. The fourth-order valence-corrected chi connectivity index (χ4v) is 2.90. The van der Waals surface area contributed by atoms with E-state index in [4.69, 9.17) is 4.74 Å². The van der Waals surface area contributed by atoms with Crippen molar-refractivity contribution in [2.45, 2.75) is 46.5 Å². The number of ether oxygens (including phenoxy) is 1. The highest BCUT2D eigenvalue weighted by molar-refractivity contribution is 5.98. The highest BCUT2D eigenvalue weighted by atomic mass is 16.5. The zero-order valence-corrected chi connectivity index (χ0v) is 14.2. The number of Topliss-reactive ketones (excluding diaryl/α,β-unsaturated/α-hetero) is 1. The molecule has 1 saturated heterocycles. The molecular weight excluding hydrogens is 274 g/mol. The zero-order chi connectivity index (χ0) is 15.9. The first kappa shape index (κ1) is 17.0. The van der Waals surface area contributed by atoms with Crippen LogP contribution in [0.3, 0.4) is 0 Å². The molecule has 22 heavy (non-hydrogen) atoms. The average Bonchev–Trinajstić information content (AvgIpc) is 2.54. The molecule has 0 radical (unpaired) electrons. The summed E-state index contributed by atoms with van der Waals surface area (Å²) in [5.41, 5.74) is 1.95. The van der Waals surface area contributed by atoms with Crippen LogP contribution < -0.4 is 4.74 Å². The van der Waals surface area contributed by atoms with Gasteiger partial charge in [0.15, 0.2) is 5.78 Å². The highest BCUT2D eigenvalue weighted by Crippen LogP contribution is 2.22. The summed E-state index contributed by atoms with van der Waals surface area (Å²) in [7, 11) is 0. The summed E-state index contributed by atoms with van der Waals surface area (Å²) in [6, 6.07) is 5.89. The van der Waals surface area contributed by atoms with Gasteiger partial charge in [-0.25, -0.2) is 0 Å². The van der Waals surface area contributed by atoms with E-state index in [0.29, 0.717) is 6.54 Å². The Bertz CT molecular complexity index is 490. The van der Waals surface area contributed by atoms with Gasteiger partial charge in [-0.15, -0.1) is 0 Å². The van der Waals surface area contributed by atoms with Crippen LogP contribution in [0.5, 0.6) is 5.75 Å². The number of benzene rings is 1. The Balaban J connectivity index is 2.00. The van der Waals surface area contributed by atoms with Gasteiger partial charge in [-0.05, 0) is 68.5 Å². The Labute approximate surface area is 134 Å². The molecule has 0 unspecified atom stereocenters. The lowest BCUT2D eigenvalue weighted by atomic mass is 9.98. The van der Waals surface area contributed by atoms with Crippen molar-refractivity contribution in [2.75, 3.05) is 26.2 Å². The third-order valence-corrected chi connectivity index (χ3v) is 4.47. The molecule has 0 aliphatic carbocycles. The molecule has 1 aliphatic heterocycles. The van der Waals surface area contributed by atoms with Crippen molar-refractivity contribution in [3.8, 4) is 5.75 Å². The van der Waals surface area contributed by atoms with E-state index in [1.54, 1.807) is 0 Å². The number of likely N-dealkylation sites (tertiary alicyclic amines) is 1. The van der Waals surface area contributed by atoms with Crippen LogP contribution in [0.15, 0.2) is 18.2 Å². The summed E-state index contributed by atoms with van der Waals surface area (Å²) in [4.78, 5) is 14.8. The Morgan fingerprint density at radius 2 is 2.00 bits per heavy atom. The molecule has 0 saturated carbocycles. The Kier molecular flexibility index (Phi) is 6.44. The molecular formula is C19H29NO2. The standard InChI is InChI=1S/C19H29NO2/c1-4-12-22-19-7-6-17(13-16(19)5-2)18(21)14-20-10-8-15(3)9-11-20/h6-7,13,15H,4-5,8-12,14H2,1-3H3. The second-order valence-corrected chi connectivity index (χ2v) is 6.41. The van der Waals surface area contributed by atoms with Gasteiger partial charge in [0.1, 0.15) is 5.75 Å². The number of hydrogen-bond acceptors (Lipinski definition) is 3. The summed E-state index contributed by atoms with van der Waals surface area (Å²) in [5.74, 6) is 1.95. The third-order valence-electron chi connectivity index (χ3n) is 4.47. The molecule has 0 aromatic heterocycles. The van der Waals surface area contributed by atoms with E-state index in [0.717, 1.165) is 55.3 Å². The molecule has 1 aliphatic rings. The van der Waals surface area contributed by atoms with Gasteiger partial charge in [-0.2, -0.15) is 0 Å². The van der Waals surface area contributed by atoms with E-state index in [2.05, 4.69) is 25.7 Å². The second kappa shape index (κ2) is 8.33. The van der Waals surface area contributed by atoms with Crippen LogP contribution in [-0.4, -0.2) is 36.9 Å². The fourth-order valence-electron chi connectivity index (χ4n) is 2.90. The number of nitrogens with zero attached hydrogens (tertiary/aromatic N) is 1. The van der Waals surface area contributed by atoms with Crippen LogP contribution in [0.25, 0.3) is 0 Å². The quantitative estimate of drug-likeness (QED) is 0.714. The maximum Gasteiger partial charge on any atom is 0.176 e. The molecule has 2 rings (SSSR count). The lowest BCUT2D eigenvalue weighted by Crippen LogP contribution is -2.36. The van der Waals surface area contributed by atoms with Crippen molar-refractivity contribution in [3.63, 3.8) is 0 Å². The van der Waals surface area contributed by atoms with E-state index >= 15 is 0 Å². The SMILES string of the molecule is CCCOc1ccc(C(=O)CN2CCC(C)CC2)cc1CC. The van der Waals surface area contributed by atoms with Crippen LogP contribution in [-0.2, 0) is 6.42 Å². The van der Waals surface area contributed by atoms with Crippen molar-refractivity contribution in [1.82, 2.24) is 4.90 Å². The normalized spacial score (nSPS) is 16.7. The van der Waals surface area contributed by atoms with E-state index in [1.165, 1.54) is 12.8 Å². The van der Waals surface area contributed by atoms with E-state index in [-0.39, 0.29) is 5.78 Å². The number of piperidine rings is 1. The van der Waals surface area contributed by atoms with Gasteiger partial charge in [0.05, 0.1) is 13.2 Å². The number of carbonyl (C=O) groups excluding carboxylic acids is 1. The predicted molar refractivity (Wildman–Crippen MR) is 90.8 cm³/mol. The molecule has 0 amide bonds. The Morgan fingerprint density at radius 3 is 2.64 bits per heavy atom. The maximum atomic E-state index is 12.5. The van der Waals surface area contributed by atoms with Crippen LogP contribution in [0.4, 0.5) is 0 Å². The van der Waals surface area contributed by atoms with Gasteiger partial charge in [0.2, 0.25) is 0 Å². The molecule has 122 valence electrons. The summed E-state index contributed by atoms with van der Waals surface area (Å²) in [6.45, 7) is 9.87. The molecule has 3 nitrogen and oxygen atoms in total. The van der Waals surface area contributed by atoms with Crippen molar-refractivity contribution in [1.29, 1.82) is 0 Å². The van der Waals surface area contributed by atoms with Gasteiger partial charge < -0.3 is 4.74 Å². The maximum absolute atomic E-state index is 12.5. The number of aryl methyl sites for hydroxylation is 1. The topological polar surface area (TPSA) is 29.5 Å². The lowest BCUT2D eigenvalue weighted by Gasteiger charge is -2.29. The zero-order valence-electron chi connectivity index (χ0n) is 14.2. The van der Waals surface area contributed by atoms with Gasteiger partial charge in [0.25, 0.3) is 0 Å². The smallest absolute Gasteiger partial charge is 0.176 e. The van der Waals surface area contributed by atoms with Gasteiger partial charge in [-0.1, -0.05) is 20.8 Å². The molecule has 1 aromatic rings. The molecule has 0 N–H and O–H groups in total. The van der Waals surface area contributed by atoms with Crippen molar-refractivity contribution < 1.29 is 9.53 Å². The van der Waals surface area contributed by atoms with E-state index < -0.39 is 0 Å². The van der Waals surface area contributed by atoms with Gasteiger partial charge in [-0.3, -0.25) is 9.69 Å². The Hall–Kier alpha value is -1.35. The van der Waals surface area contributed by atoms with Crippen LogP contribution in [0.1, 0.15) is 56.0 Å². The first-order valence-electron chi connectivity index (χ1n) is 8.65. The molecule has 0 atom stereocenters. The second-order valence-electron chi connectivity index (χ2n) is 6.41. The molecule has 1 aromatic carbocycles. The summed E-state index contributed by atoms with van der Waals surface area (Å²) < 4.78 is 5.75. The Morgan fingerprint density at radius 1 is 1.27 bits per heavy atom. The average molecular weight is 303 g/mol. The number of hydrogen-bond donors (Lipinski definition) is 0. The molecule has 0 spiro atoms. The van der Waals surface area contributed by atoms with Gasteiger partial charge >= 0.3 is 0 Å². The fraction of sp³-hybridized carbons (Fsp3) is 0.632. The molecule has 3 heteroatoms. The molecule has 1 heterocycles. The predicted octanol–water partition coefficient (Wildman–Crippen LogP) is 3.95.